The van der Waals surface area contributed by atoms with Crippen LogP contribution in [0.5, 0.6) is 5.75 Å². The number of ether oxygens (including phenoxy) is 1. The fourth-order valence-corrected chi connectivity index (χ4v) is 1.66. The molecule has 0 radical (unpaired) electrons. The third-order valence-electron chi connectivity index (χ3n) is 2.35. The van der Waals surface area contributed by atoms with E-state index in [1.54, 1.807) is 7.11 Å². The van der Waals surface area contributed by atoms with Gasteiger partial charge in [0.25, 0.3) is 0 Å². The van der Waals surface area contributed by atoms with Crippen molar-refractivity contribution in [3.63, 3.8) is 0 Å². The van der Waals surface area contributed by atoms with E-state index in [9.17, 15) is 0 Å². The molecule has 0 aliphatic heterocycles. The zero-order valence-corrected chi connectivity index (χ0v) is 9.91. The first kappa shape index (κ1) is 11.0. The molecule has 0 saturated carbocycles. The molecule has 0 amide bonds. The summed E-state index contributed by atoms with van der Waals surface area (Å²) < 4.78 is 10.6. The number of oxazole rings is 1. The van der Waals surface area contributed by atoms with Gasteiger partial charge in [0.1, 0.15) is 11.5 Å². The molecule has 0 fully saturated rings. The molecule has 2 rings (SSSR count). The molecule has 0 bridgehead atoms. The Bertz CT molecular complexity index is 476. The summed E-state index contributed by atoms with van der Waals surface area (Å²) in [5, 5.41) is 0. The summed E-state index contributed by atoms with van der Waals surface area (Å²) >= 11 is 5.73. The number of aryl methyl sites for hydroxylation is 1. The Hall–Kier alpha value is -1.48. The lowest BCUT2D eigenvalue weighted by Crippen LogP contribution is -1.82. The predicted molar refractivity (Wildman–Crippen MR) is 62.8 cm³/mol. The highest BCUT2D eigenvalue weighted by atomic mass is 35.5. The lowest BCUT2D eigenvalue weighted by Gasteiger charge is -1.99. The Morgan fingerprint density at radius 2 is 2.00 bits per heavy atom. The molecule has 3 nitrogen and oxygen atoms in total. The van der Waals surface area contributed by atoms with Crippen molar-refractivity contribution >= 4 is 11.6 Å². The van der Waals surface area contributed by atoms with Gasteiger partial charge in [-0.25, -0.2) is 4.98 Å². The SMILES string of the molecule is COc1ccc(-c2nc(C)c(CCl)o2)cc1. The lowest BCUT2D eigenvalue weighted by atomic mass is 10.2. The highest BCUT2D eigenvalue weighted by Crippen LogP contribution is 2.24. The smallest absolute Gasteiger partial charge is 0.226 e. The summed E-state index contributed by atoms with van der Waals surface area (Å²) in [5.41, 5.74) is 1.75. The second-order valence-electron chi connectivity index (χ2n) is 3.39. The average Bonchev–Trinajstić information content (AvgIpc) is 2.71. The van der Waals surface area contributed by atoms with Gasteiger partial charge < -0.3 is 9.15 Å². The average molecular weight is 238 g/mol. The minimum absolute atomic E-state index is 0.342. The number of alkyl halides is 1. The van der Waals surface area contributed by atoms with Crippen molar-refractivity contribution in [1.82, 2.24) is 4.98 Å². The van der Waals surface area contributed by atoms with Crippen LogP contribution in [0.4, 0.5) is 0 Å². The molecule has 0 unspecified atom stereocenters. The third-order valence-corrected chi connectivity index (χ3v) is 2.59. The maximum absolute atomic E-state index is 5.73. The van der Waals surface area contributed by atoms with E-state index in [1.165, 1.54) is 0 Å². The first-order chi connectivity index (χ1) is 7.74. The molecule has 0 aliphatic rings. The molecule has 1 aromatic heterocycles. The highest BCUT2D eigenvalue weighted by molar-refractivity contribution is 6.16. The van der Waals surface area contributed by atoms with Gasteiger partial charge in [0, 0.05) is 5.56 Å². The highest BCUT2D eigenvalue weighted by Gasteiger charge is 2.10. The van der Waals surface area contributed by atoms with Crippen LogP contribution in [0.1, 0.15) is 11.5 Å². The minimum atomic E-state index is 0.342. The zero-order chi connectivity index (χ0) is 11.5. The van der Waals surface area contributed by atoms with Crippen LogP contribution in [-0.2, 0) is 5.88 Å². The maximum atomic E-state index is 5.73. The van der Waals surface area contributed by atoms with E-state index < -0.39 is 0 Å². The molecule has 0 aliphatic carbocycles. The molecule has 2 aromatic rings. The van der Waals surface area contributed by atoms with E-state index >= 15 is 0 Å². The van der Waals surface area contributed by atoms with Crippen molar-refractivity contribution in [1.29, 1.82) is 0 Å². The molecule has 84 valence electrons. The Kier molecular flexibility index (Phi) is 3.15. The van der Waals surface area contributed by atoms with Gasteiger partial charge in [-0.2, -0.15) is 0 Å². The minimum Gasteiger partial charge on any atom is -0.497 e. The lowest BCUT2D eigenvalue weighted by molar-refractivity contribution is 0.415. The van der Waals surface area contributed by atoms with Gasteiger partial charge in [-0.1, -0.05) is 0 Å². The molecular weight excluding hydrogens is 226 g/mol. The molecule has 1 heterocycles. The Morgan fingerprint density at radius 1 is 1.31 bits per heavy atom. The van der Waals surface area contributed by atoms with E-state index in [0.29, 0.717) is 17.5 Å². The zero-order valence-electron chi connectivity index (χ0n) is 9.16. The number of halogens is 1. The first-order valence-electron chi connectivity index (χ1n) is 4.91. The summed E-state index contributed by atoms with van der Waals surface area (Å²) in [6, 6.07) is 7.55. The number of hydrogen-bond acceptors (Lipinski definition) is 3. The summed E-state index contributed by atoms with van der Waals surface area (Å²) in [4.78, 5) is 4.32. The van der Waals surface area contributed by atoms with E-state index in [-0.39, 0.29) is 0 Å². The second-order valence-corrected chi connectivity index (χ2v) is 3.66. The number of aromatic nitrogens is 1. The molecular formula is C12H12ClNO2. The van der Waals surface area contributed by atoms with E-state index in [1.807, 2.05) is 31.2 Å². The van der Waals surface area contributed by atoms with Crippen molar-refractivity contribution < 1.29 is 9.15 Å². The number of rotatable bonds is 3. The Balaban J connectivity index is 2.34. The van der Waals surface area contributed by atoms with E-state index in [0.717, 1.165) is 17.0 Å². The van der Waals surface area contributed by atoms with Gasteiger partial charge in [0.15, 0.2) is 0 Å². The van der Waals surface area contributed by atoms with Crippen LogP contribution < -0.4 is 4.74 Å². The van der Waals surface area contributed by atoms with Crippen LogP contribution in [0.15, 0.2) is 28.7 Å². The predicted octanol–water partition coefficient (Wildman–Crippen LogP) is 3.40. The standard InChI is InChI=1S/C12H12ClNO2/c1-8-11(7-13)16-12(14-8)9-3-5-10(15-2)6-4-9/h3-6H,7H2,1-2H3. The van der Waals surface area contributed by atoms with Crippen molar-refractivity contribution in [2.45, 2.75) is 12.8 Å². The number of hydrogen-bond donors (Lipinski definition) is 0. The summed E-state index contributed by atoms with van der Waals surface area (Å²) in [6.07, 6.45) is 0. The summed E-state index contributed by atoms with van der Waals surface area (Å²) in [6.45, 7) is 1.88. The molecule has 16 heavy (non-hydrogen) atoms. The summed E-state index contributed by atoms with van der Waals surface area (Å²) in [5.74, 6) is 2.46. The van der Waals surface area contributed by atoms with Gasteiger partial charge in [-0.3, -0.25) is 0 Å². The van der Waals surface area contributed by atoms with E-state index in [2.05, 4.69) is 4.98 Å². The summed E-state index contributed by atoms with van der Waals surface area (Å²) in [7, 11) is 1.63. The second kappa shape index (κ2) is 4.58. The number of methoxy groups -OCH3 is 1. The molecule has 0 N–H and O–H groups in total. The van der Waals surface area contributed by atoms with Gasteiger partial charge in [-0.15, -0.1) is 11.6 Å². The van der Waals surface area contributed by atoms with Crippen LogP contribution in [0, 0.1) is 6.92 Å². The molecule has 1 aromatic carbocycles. The fourth-order valence-electron chi connectivity index (χ4n) is 1.41. The van der Waals surface area contributed by atoms with Crippen molar-refractivity contribution in [3.05, 3.63) is 35.7 Å². The van der Waals surface area contributed by atoms with Crippen LogP contribution in [0.25, 0.3) is 11.5 Å². The first-order valence-corrected chi connectivity index (χ1v) is 5.44. The fraction of sp³-hybridized carbons (Fsp3) is 0.250. The molecule has 0 atom stereocenters. The van der Waals surface area contributed by atoms with Gasteiger partial charge >= 0.3 is 0 Å². The Labute approximate surface area is 99.0 Å². The largest absolute Gasteiger partial charge is 0.497 e. The maximum Gasteiger partial charge on any atom is 0.226 e. The Morgan fingerprint density at radius 3 is 2.50 bits per heavy atom. The van der Waals surface area contributed by atoms with E-state index in [4.69, 9.17) is 20.8 Å². The molecule has 0 spiro atoms. The van der Waals surface area contributed by atoms with Crippen LogP contribution >= 0.6 is 11.6 Å². The van der Waals surface area contributed by atoms with Crippen LogP contribution in [0.2, 0.25) is 0 Å². The van der Waals surface area contributed by atoms with Gasteiger partial charge in [0.2, 0.25) is 5.89 Å². The molecule has 0 saturated heterocycles. The number of benzene rings is 1. The van der Waals surface area contributed by atoms with Crippen molar-refractivity contribution in [3.8, 4) is 17.2 Å². The number of nitrogens with zero attached hydrogens (tertiary/aromatic N) is 1. The van der Waals surface area contributed by atoms with Gasteiger partial charge in [0.05, 0.1) is 18.7 Å². The topological polar surface area (TPSA) is 35.3 Å². The van der Waals surface area contributed by atoms with Gasteiger partial charge in [-0.05, 0) is 31.2 Å². The molecule has 4 heteroatoms. The van der Waals surface area contributed by atoms with Crippen molar-refractivity contribution in [2.75, 3.05) is 7.11 Å². The monoisotopic (exact) mass is 237 g/mol. The quantitative estimate of drug-likeness (QED) is 0.768. The van der Waals surface area contributed by atoms with Crippen LogP contribution in [0.3, 0.4) is 0 Å². The van der Waals surface area contributed by atoms with Crippen molar-refractivity contribution in [2.24, 2.45) is 0 Å². The van der Waals surface area contributed by atoms with Crippen LogP contribution in [-0.4, -0.2) is 12.1 Å². The normalized spacial score (nSPS) is 10.4. The third kappa shape index (κ3) is 2.04.